The zero-order valence-electron chi connectivity index (χ0n) is 11.3. The molecule has 0 aromatic carbocycles. The Morgan fingerprint density at radius 3 is 2.79 bits per heavy atom. The van der Waals surface area contributed by atoms with E-state index in [0.717, 1.165) is 5.56 Å². The minimum atomic E-state index is -3.52. The highest BCUT2D eigenvalue weighted by molar-refractivity contribution is 7.89. The lowest BCUT2D eigenvalue weighted by atomic mass is 10.1. The van der Waals surface area contributed by atoms with Gasteiger partial charge in [0, 0.05) is 11.4 Å². The average Bonchev–Trinajstić information content (AvgIpc) is 2.70. The number of thiophene rings is 1. The Labute approximate surface area is 123 Å². The lowest BCUT2D eigenvalue weighted by molar-refractivity contribution is -0.00772. The van der Waals surface area contributed by atoms with Crippen molar-refractivity contribution in [3.05, 3.63) is 15.8 Å². The van der Waals surface area contributed by atoms with Crippen LogP contribution in [0, 0.1) is 6.92 Å². The third kappa shape index (κ3) is 2.69. The molecule has 0 atom stereocenters. The molecule has 0 unspecified atom stereocenters. The number of halogens is 1. The highest BCUT2D eigenvalue weighted by Gasteiger charge is 2.41. The van der Waals surface area contributed by atoms with E-state index in [9.17, 15) is 8.42 Å². The van der Waals surface area contributed by atoms with Gasteiger partial charge in [-0.2, -0.15) is 4.31 Å². The fourth-order valence-corrected chi connectivity index (χ4v) is 6.09. The first-order chi connectivity index (χ1) is 8.80. The van der Waals surface area contributed by atoms with Crippen LogP contribution in [0.1, 0.15) is 24.3 Å². The van der Waals surface area contributed by atoms with E-state index in [1.807, 2.05) is 26.2 Å². The van der Waals surface area contributed by atoms with Gasteiger partial charge in [0.2, 0.25) is 10.0 Å². The highest BCUT2D eigenvalue weighted by atomic mass is 35.5. The van der Waals surface area contributed by atoms with Gasteiger partial charge in [-0.15, -0.1) is 22.9 Å². The summed E-state index contributed by atoms with van der Waals surface area (Å²) in [4.78, 5) is 1.09. The summed E-state index contributed by atoms with van der Waals surface area (Å²) in [6.07, 6.45) is 0. The van der Waals surface area contributed by atoms with Gasteiger partial charge in [0.1, 0.15) is 4.90 Å². The molecule has 0 bridgehead atoms. The zero-order chi connectivity index (χ0) is 14.3. The molecule has 0 radical (unpaired) electrons. The zero-order valence-corrected chi connectivity index (χ0v) is 13.7. The largest absolute Gasteiger partial charge is 0.378 e. The molecule has 7 heteroatoms. The van der Waals surface area contributed by atoms with Crippen molar-refractivity contribution < 1.29 is 13.2 Å². The van der Waals surface area contributed by atoms with Crippen molar-refractivity contribution in [1.82, 2.24) is 4.31 Å². The molecule has 1 aliphatic heterocycles. The first kappa shape index (κ1) is 15.3. The summed E-state index contributed by atoms with van der Waals surface area (Å²) in [7, 11) is -3.52. The number of ether oxygens (including phenoxy) is 1. The molecule has 1 aromatic rings. The number of nitrogens with zero attached hydrogens (tertiary/aromatic N) is 1. The van der Waals surface area contributed by atoms with Crippen LogP contribution >= 0.6 is 22.9 Å². The van der Waals surface area contributed by atoms with Crippen molar-refractivity contribution >= 4 is 33.0 Å². The van der Waals surface area contributed by atoms with Crippen LogP contribution < -0.4 is 0 Å². The number of morpholine rings is 1. The van der Waals surface area contributed by atoms with Crippen LogP contribution in [0.25, 0.3) is 0 Å². The second-order valence-electron chi connectivity index (χ2n) is 5.25. The predicted molar refractivity (Wildman–Crippen MR) is 77.4 cm³/mol. The predicted octanol–water partition coefficient (Wildman–Crippen LogP) is 2.59. The van der Waals surface area contributed by atoms with Crippen molar-refractivity contribution in [3.8, 4) is 0 Å². The Morgan fingerprint density at radius 2 is 2.21 bits per heavy atom. The molecular formula is C12H18ClNO3S2. The van der Waals surface area contributed by atoms with Gasteiger partial charge in [-0.1, -0.05) is 0 Å². The molecule has 1 fully saturated rings. The second-order valence-corrected chi connectivity index (χ2v) is 8.28. The summed E-state index contributed by atoms with van der Waals surface area (Å²) in [6, 6.07) is 0. The smallest absolute Gasteiger partial charge is 0.245 e. The summed E-state index contributed by atoms with van der Waals surface area (Å²) in [6.45, 7) is 6.80. The van der Waals surface area contributed by atoms with E-state index >= 15 is 0 Å². The van der Waals surface area contributed by atoms with Crippen LogP contribution in [0.15, 0.2) is 10.3 Å². The molecule has 2 rings (SSSR count). The minimum absolute atomic E-state index is 0.220. The molecule has 4 nitrogen and oxygen atoms in total. The Bertz CT molecular complexity index is 566. The third-order valence-corrected chi connectivity index (χ3v) is 7.23. The molecule has 1 aliphatic rings. The Hall–Kier alpha value is -0.140. The molecule has 0 N–H and O–H groups in total. The van der Waals surface area contributed by atoms with Crippen LogP contribution in [0.4, 0.5) is 0 Å². The molecular weight excluding hydrogens is 306 g/mol. The van der Waals surface area contributed by atoms with Gasteiger partial charge in [-0.05, 0) is 31.7 Å². The summed E-state index contributed by atoms with van der Waals surface area (Å²) in [5.74, 6) is 0.220. The molecule has 0 saturated carbocycles. The minimum Gasteiger partial charge on any atom is -0.378 e. The Morgan fingerprint density at radius 1 is 1.53 bits per heavy atom. The maximum atomic E-state index is 12.9. The van der Waals surface area contributed by atoms with E-state index in [1.54, 1.807) is 0 Å². The maximum Gasteiger partial charge on any atom is 0.245 e. The number of aryl methyl sites for hydroxylation is 1. The average molecular weight is 324 g/mol. The van der Waals surface area contributed by atoms with E-state index in [-0.39, 0.29) is 5.88 Å². The quantitative estimate of drug-likeness (QED) is 0.803. The van der Waals surface area contributed by atoms with Crippen molar-refractivity contribution in [2.45, 2.75) is 37.1 Å². The topological polar surface area (TPSA) is 46.6 Å². The molecule has 1 saturated heterocycles. The Balaban J connectivity index is 2.50. The summed E-state index contributed by atoms with van der Waals surface area (Å²) < 4.78 is 32.7. The molecule has 108 valence electrons. The van der Waals surface area contributed by atoms with E-state index in [2.05, 4.69) is 0 Å². The van der Waals surface area contributed by atoms with Gasteiger partial charge in [0.15, 0.2) is 0 Å². The van der Waals surface area contributed by atoms with E-state index in [4.69, 9.17) is 16.3 Å². The number of hydrogen-bond donors (Lipinski definition) is 0. The Kier molecular flexibility index (Phi) is 4.28. The summed E-state index contributed by atoms with van der Waals surface area (Å²) >= 11 is 7.26. The van der Waals surface area contributed by atoms with Crippen molar-refractivity contribution in [2.24, 2.45) is 0 Å². The normalized spacial score (nSPS) is 20.6. The van der Waals surface area contributed by atoms with Crippen LogP contribution in [0.2, 0.25) is 0 Å². The molecule has 0 spiro atoms. The second kappa shape index (κ2) is 5.33. The molecule has 1 aromatic heterocycles. The first-order valence-corrected chi connectivity index (χ1v) is 8.89. The van der Waals surface area contributed by atoms with Crippen LogP contribution in [-0.4, -0.2) is 38.0 Å². The van der Waals surface area contributed by atoms with Gasteiger partial charge in [-0.25, -0.2) is 8.42 Å². The number of alkyl halides is 1. The van der Waals surface area contributed by atoms with Gasteiger partial charge >= 0.3 is 0 Å². The highest BCUT2D eigenvalue weighted by Crippen LogP contribution is 2.34. The number of hydrogen-bond acceptors (Lipinski definition) is 4. The summed E-state index contributed by atoms with van der Waals surface area (Å²) in [5, 5.41) is 1.85. The van der Waals surface area contributed by atoms with Gasteiger partial charge in [0.25, 0.3) is 0 Å². The fourth-order valence-electron chi connectivity index (χ4n) is 2.33. The van der Waals surface area contributed by atoms with E-state index in [1.165, 1.54) is 15.6 Å². The summed E-state index contributed by atoms with van der Waals surface area (Å²) in [5.41, 5.74) is 0.234. The molecule has 0 aliphatic carbocycles. The molecule has 0 amide bonds. The first-order valence-electron chi connectivity index (χ1n) is 6.04. The number of sulfonamides is 1. The van der Waals surface area contributed by atoms with Crippen LogP contribution in [0.3, 0.4) is 0 Å². The van der Waals surface area contributed by atoms with Gasteiger partial charge < -0.3 is 4.74 Å². The number of rotatable bonds is 3. The van der Waals surface area contributed by atoms with Gasteiger partial charge in [-0.3, -0.25) is 0 Å². The van der Waals surface area contributed by atoms with Crippen molar-refractivity contribution in [2.75, 3.05) is 19.8 Å². The van der Waals surface area contributed by atoms with E-state index < -0.39 is 15.6 Å². The fraction of sp³-hybridized carbons (Fsp3) is 0.667. The SMILES string of the molecule is Cc1csc(CCl)c1S(=O)(=O)N1CCOCC1(C)C. The van der Waals surface area contributed by atoms with Crippen LogP contribution in [-0.2, 0) is 20.6 Å². The molecule has 2 heterocycles. The lowest BCUT2D eigenvalue weighted by Crippen LogP contribution is -2.55. The van der Waals surface area contributed by atoms with Crippen molar-refractivity contribution in [1.29, 1.82) is 0 Å². The standard InChI is InChI=1S/C12H18ClNO3S2/c1-9-7-18-10(6-13)11(9)19(15,16)14-4-5-17-8-12(14,2)3/h7H,4-6,8H2,1-3H3. The maximum absolute atomic E-state index is 12.9. The molecule has 19 heavy (non-hydrogen) atoms. The third-order valence-electron chi connectivity index (χ3n) is 3.23. The van der Waals surface area contributed by atoms with Gasteiger partial charge in [0.05, 0.1) is 24.6 Å². The van der Waals surface area contributed by atoms with Crippen molar-refractivity contribution in [3.63, 3.8) is 0 Å². The van der Waals surface area contributed by atoms with Crippen LogP contribution in [0.5, 0.6) is 0 Å². The van der Waals surface area contributed by atoms with E-state index in [0.29, 0.717) is 29.5 Å². The monoisotopic (exact) mass is 323 g/mol. The lowest BCUT2D eigenvalue weighted by Gasteiger charge is -2.40.